The first kappa shape index (κ1) is 14.0. The number of hydrazine groups is 1. The molecule has 0 spiro atoms. The topological polar surface area (TPSA) is 58.2 Å². The van der Waals surface area contributed by atoms with Crippen molar-refractivity contribution in [3.63, 3.8) is 0 Å². The summed E-state index contributed by atoms with van der Waals surface area (Å²) in [6.07, 6.45) is 0. The SMILES string of the molecule is O=C(NNC(=O)c1cc(Cl)ccc1F)c1ccccc1. The van der Waals surface area contributed by atoms with Crippen molar-refractivity contribution in [1.82, 2.24) is 10.9 Å². The first-order chi connectivity index (χ1) is 9.58. The summed E-state index contributed by atoms with van der Waals surface area (Å²) in [5, 5.41) is 0.228. The molecule has 0 aliphatic carbocycles. The molecule has 0 bridgehead atoms. The van der Waals surface area contributed by atoms with Crippen LogP contribution < -0.4 is 10.9 Å². The molecule has 102 valence electrons. The van der Waals surface area contributed by atoms with E-state index in [1.54, 1.807) is 30.3 Å². The van der Waals surface area contributed by atoms with Crippen molar-refractivity contribution in [3.05, 3.63) is 70.5 Å². The zero-order chi connectivity index (χ0) is 14.5. The summed E-state index contributed by atoms with van der Waals surface area (Å²) in [7, 11) is 0. The van der Waals surface area contributed by atoms with Crippen molar-refractivity contribution >= 4 is 23.4 Å². The van der Waals surface area contributed by atoms with Gasteiger partial charge in [0.25, 0.3) is 11.8 Å². The molecule has 2 aromatic carbocycles. The van der Waals surface area contributed by atoms with Crippen LogP contribution in [0.5, 0.6) is 0 Å². The fraction of sp³-hybridized carbons (Fsp3) is 0. The number of halogens is 2. The number of benzene rings is 2. The molecule has 0 aliphatic rings. The van der Waals surface area contributed by atoms with Crippen molar-refractivity contribution in [3.8, 4) is 0 Å². The third-order valence-electron chi connectivity index (χ3n) is 2.50. The molecule has 20 heavy (non-hydrogen) atoms. The van der Waals surface area contributed by atoms with E-state index in [0.717, 1.165) is 6.07 Å². The quantitative estimate of drug-likeness (QED) is 0.836. The van der Waals surface area contributed by atoms with Gasteiger partial charge in [0.1, 0.15) is 5.82 Å². The number of rotatable bonds is 2. The van der Waals surface area contributed by atoms with Gasteiger partial charge >= 0.3 is 0 Å². The highest BCUT2D eigenvalue weighted by molar-refractivity contribution is 6.31. The van der Waals surface area contributed by atoms with Crippen molar-refractivity contribution in [1.29, 1.82) is 0 Å². The summed E-state index contributed by atoms with van der Waals surface area (Å²) in [4.78, 5) is 23.4. The molecule has 0 atom stereocenters. The predicted octanol–water partition coefficient (Wildman–Crippen LogP) is 2.55. The number of carbonyl (C=O) groups is 2. The van der Waals surface area contributed by atoms with Crippen molar-refractivity contribution < 1.29 is 14.0 Å². The molecule has 0 aromatic heterocycles. The zero-order valence-electron chi connectivity index (χ0n) is 10.2. The lowest BCUT2D eigenvalue weighted by atomic mass is 10.2. The first-order valence-electron chi connectivity index (χ1n) is 5.68. The van der Waals surface area contributed by atoms with Gasteiger partial charge in [0.05, 0.1) is 5.56 Å². The third-order valence-corrected chi connectivity index (χ3v) is 2.73. The number of hydrogen-bond acceptors (Lipinski definition) is 2. The molecule has 2 aromatic rings. The summed E-state index contributed by atoms with van der Waals surface area (Å²) < 4.78 is 13.4. The van der Waals surface area contributed by atoms with E-state index < -0.39 is 17.6 Å². The average Bonchev–Trinajstić information content (AvgIpc) is 2.47. The Labute approximate surface area is 119 Å². The van der Waals surface area contributed by atoms with Crippen LogP contribution in [0, 0.1) is 5.82 Å². The van der Waals surface area contributed by atoms with E-state index in [0.29, 0.717) is 5.56 Å². The van der Waals surface area contributed by atoms with Crippen LogP contribution in [0.4, 0.5) is 4.39 Å². The maximum atomic E-state index is 13.4. The Morgan fingerprint density at radius 1 is 0.950 bits per heavy atom. The fourth-order valence-corrected chi connectivity index (χ4v) is 1.69. The van der Waals surface area contributed by atoms with Crippen LogP contribution >= 0.6 is 11.6 Å². The Kier molecular flexibility index (Phi) is 4.32. The van der Waals surface area contributed by atoms with Crippen LogP contribution in [0.15, 0.2) is 48.5 Å². The lowest BCUT2D eigenvalue weighted by Gasteiger charge is -2.08. The maximum absolute atomic E-state index is 13.4. The first-order valence-corrected chi connectivity index (χ1v) is 6.06. The molecular weight excluding hydrogens is 283 g/mol. The lowest BCUT2D eigenvalue weighted by Crippen LogP contribution is -2.41. The monoisotopic (exact) mass is 292 g/mol. The van der Waals surface area contributed by atoms with E-state index in [4.69, 9.17) is 11.6 Å². The standard InChI is InChI=1S/C14H10ClFN2O2/c15-10-6-7-12(16)11(8-10)14(20)18-17-13(19)9-4-2-1-3-5-9/h1-8H,(H,17,19)(H,18,20). The molecular formula is C14H10ClFN2O2. The lowest BCUT2D eigenvalue weighted by molar-refractivity contribution is 0.0844. The van der Waals surface area contributed by atoms with E-state index in [1.165, 1.54) is 12.1 Å². The van der Waals surface area contributed by atoms with Gasteiger partial charge in [-0.05, 0) is 30.3 Å². The van der Waals surface area contributed by atoms with Gasteiger partial charge in [-0.3, -0.25) is 20.4 Å². The fourth-order valence-electron chi connectivity index (χ4n) is 1.51. The van der Waals surface area contributed by atoms with E-state index in [-0.39, 0.29) is 10.6 Å². The summed E-state index contributed by atoms with van der Waals surface area (Å²) in [6, 6.07) is 11.9. The summed E-state index contributed by atoms with van der Waals surface area (Å²) in [6.45, 7) is 0. The molecule has 0 radical (unpaired) electrons. The Hall–Kier alpha value is -2.40. The van der Waals surface area contributed by atoms with Gasteiger partial charge in [-0.15, -0.1) is 0 Å². The summed E-state index contributed by atoms with van der Waals surface area (Å²) in [5.41, 5.74) is 4.45. The van der Waals surface area contributed by atoms with Crippen molar-refractivity contribution in [2.45, 2.75) is 0 Å². The van der Waals surface area contributed by atoms with Crippen LogP contribution in [-0.4, -0.2) is 11.8 Å². The second-order valence-corrected chi connectivity index (χ2v) is 4.33. The second-order valence-electron chi connectivity index (χ2n) is 3.90. The Morgan fingerprint density at radius 3 is 2.30 bits per heavy atom. The molecule has 0 unspecified atom stereocenters. The van der Waals surface area contributed by atoms with Crippen molar-refractivity contribution in [2.75, 3.05) is 0 Å². The van der Waals surface area contributed by atoms with Gasteiger partial charge in [0, 0.05) is 10.6 Å². The molecule has 6 heteroatoms. The van der Waals surface area contributed by atoms with Gasteiger partial charge in [0.15, 0.2) is 0 Å². The van der Waals surface area contributed by atoms with Crippen LogP contribution in [0.2, 0.25) is 5.02 Å². The average molecular weight is 293 g/mol. The number of amides is 2. The Balaban J connectivity index is 2.02. The van der Waals surface area contributed by atoms with Crippen LogP contribution in [-0.2, 0) is 0 Å². The minimum absolute atomic E-state index is 0.228. The van der Waals surface area contributed by atoms with E-state index in [9.17, 15) is 14.0 Å². The molecule has 0 aliphatic heterocycles. The highest BCUT2D eigenvalue weighted by Gasteiger charge is 2.13. The molecule has 2 rings (SSSR count). The van der Waals surface area contributed by atoms with E-state index in [1.807, 2.05) is 0 Å². The molecule has 4 nitrogen and oxygen atoms in total. The van der Waals surface area contributed by atoms with Crippen molar-refractivity contribution in [2.24, 2.45) is 0 Å². The molecule has 2 N–H and O–H groups in total. The van der Waals surface area contributed by atoms with E-state index >= 15 is 0 Å². The molecule has 2 amide bonds. The zero-order valence-corrected chi connectivity index (χ0v) is 10.9. The van der Waals surface area contributed by atoms with Crippen LogP contribution in [0.3, 0.4) is 0 Å². The number of nitrogens with one attached hydrogen (secondary N) is 2. The largest absolute Gasteiger partial charge is 0.272 e. The van der Waals surface area contributed by atoms with Gasteiger partial charge < -0.3 is 0 Å². The summed E-state index contributed by atoms with van der Waals surface area (Å²) in [5.74, 6) is -2.00. The van der Waals surface area contributed by atoms with Crippen LogP contribution in [0.1, 0.15) is 20.7 Å². The van der Waals surface area contributed by atoms with E-state index in [2.05, 4.69) is 10.9 Å². The normalized spacial score (nSPS) is 9.90. The number of carbonyl (C=O) groups excluding carboxylic acids is 2. The molecule has 0 saturated heterocycles. The second kappa shape index (κ2) is 6.16. The van der Waals surface area contributed by atoms with Gasteiger partial charge in [0.2, 0.25) is 0 Å². The minimum Gasteiger partial charge on any atom is -0.267 e. The van der Waals surface area contributed by atoms with Gasteiger partial charge in [-0.2, -0.15) is 0 Å². The molecule has 0 heterocycles. The maximum Gasteiger partial charge on any atom is 0.272 e. The predicted molar refractivity (Wildman–Crippen MR) is 72.8 cm³/mol. The summed E-state index contributed by atoms with van der Waals surface area (Å²) >= 11 is 5.69. The minimum atomic E-state index is -0.783. The Morgan fingerprint density at radius 2 is 1.60 bits per heavy atom. The smallest absolute Gasteiger partial charge is 0.267 e. The third kappa shape index (κ3) is 3.33. The van der Waals surface area contributed by atoms with Gasteiger partial charge in [-0.1, -0.05) is 29.8 Å². The number of hydrogen-bond donors (Lipinski definition) is 2. The molecule has 0 saturated carbocycles. The van der Waals surface area contributed by atoms with Crippen LogP contribution in [0.25, 0.3) is 0 Å². The molecule has 0 fully saturated rings. The highest BCUT2D eigenvalue weighted by Crippen LogP contribution is 2.14. The highest BCUT2D eigenvalue weighted by atomic mass is 35.5. The Bertz CT molecular complexity index is 647. The van der Waals surface area contributed by atoms with Gasteiger partial charge in [-0.25, -0.2) is 4.39 Å².